The standard InChI is InChI=1S/C21H26F3N3O3/c1-4-13(10-19(28)29)14-7-8-16(20(30-6-3)21(22,23)24)17(9-14)27-15-11-25-18(5-2)26-12-15/h7-9,11-13,20,27H,4-6,10H2,1-3H3,(H,28,29)/t13?,20-/m0/s1. The maximum absolute atomic E-state index is 13.7. The maximum atomic E-state index is 13.7. The fourth-order valence-electron chi connectivity index (χ4n) is 3.16. The number of alkyl halides is 3. The molecule has 0 bridgehead atoms. The molecule has 0 saturated heterocycles. The summed E-state index contributed by atoms with van der Waals surface area (Å²) in [6.07, 6.45) is -2.67. The second-order valence-corrected chi connectivity index (χ2v) is 6.79. The van der Waals surface area contributed by atoms with E-state index in [2.05, 4.69) is 15.3 Å². The second-order valence-electron chi connectivity index (χ2n) is 6.79. The minimum atomic E-state index is -4.61. The van der Waals surface area contributed by atoms with Gasteiger partial charge in [0.05, 0.1) is 24.5 Å². The number of rotatable bonds is 10. The van der Waals surface area contributed by atoms with Crippen molar-refractivity contribution in [3.63, 3.8) is 0 Å². The molecular formula is C21H26F3N3O3. The molecule has 0 aliphatic heterocycles. The van der Waals surface area contributed by atoms with E-state index in [0.29, 0.717) is 29.9 Å². The number of aliphatic carboxylic acids is 1. The van der Waals surface area contributed by atoms with Crippen molar-refractivity contribution in [2.24, 2.45) is 0 Å². The number of hydrogen-bond donors (Lipinski definition) is 2. The number of aromatic nitrogens is 2. The summed E-state index contributed by atoms with van der Waals surface area (Å²) in [5.74, 6) is -0.678. The first-order valence-electron chi connectivity index (χ1n) is 9.81. The average molecular weight is 425 g/mol. The number of carboxylic acids is 1. The van der Waals surface area contributed by atoms with Crippen LogP contribution in [0, 0.1) is 0 Å². The molecule has 164 valence electrons. The number of carboxylic acid groups (broad SMARTS) is 1. The highest BCUT2D eigenvalue weighted by atomic mass is 19.4. The lowest BCUT2D eigenvalue weighted by molar-refractivity contribution is -0.222. The third kappa shape index (κ3) is 6.16. The van der Waals surface area contributed by atoms with E-state index in [1.165, 1.54) is 31.5 Å². The number of aryl methyl sites for hydroxylation is 1. The van der Waals surface area contributed by atoms with Crippen molar-refractivity contribution < 1.29 is 27.8 Å². The van der Waals surface area contributed by atoms with Gasteiger partial charge in [0.2, 0.25) is 0 Å². The van der Waals surface area contributed by atoms with E-state index in [0.717, 1.165) is 0 Å². The van der Waals surface area contributed by atoms with Gasteiger partial charge in [-0.05, 0) is 30.9 Å². The fourth-order valence-corrected chi connectivity index (χ4v) is 3.16. The maximum Gasteiger partial charge on any atom is 0.418 e. The van der Waals surface area contributed by atoms with Gasteiger partial charge in [-0.25, -0.2) is 9.97 Å². The Kier molecular flexibility index (Phi) is 8.16. The molecule has 9 heteroatoms. The number of anilines is 2. The molecule has 0 radical (unpaired) electrons. The molecule has 1 heterocycles. The molecule has 1 aromatic carbocycles. The zero-order chi connectivity index (χ0) is 22.3. The summed E-state index contributed by atoms with van der Waals surface area (Å²) < 4.78 is 46.0. The predicted octanol–water partition coefficient (Wildman–Crippen LogP) is 5.39. The Morgan fingerprint density at radius 3 is 2.37 bits per heavy atom. The molecule has 0 amide bonds. The lowest BCUT2D eigenvalue weighted by Crippen LogP contribution is -2.24. The molecule has 2 rings (SSSR count). The Hall–Kier alpha value is -2.68. The van der Waals surface area contributed by atoms with Crippen LogP contribution in [0.4, 0.5) is 24.5 Å². The van der Waals surface area contributed by atoms with Crippen LogP contribution in [0.3, 0.4) is 0 Å². The molecule has 0 aliphatic carbocycles. The lowest BCUT2D eigenvalue weighted by atomic mass is 9.91. The molecular weight excluding hydrogens is 399 g/mol. The molecule has 6 nitrogen and oxygen atoms in total. The molecule has 0 saturated carbocycles. The molecule has 1 unspecified atom stereocenters. The summed E-state index contributed by atoms with van der Waals surface area (Å²) in [5, 5.41) is 12.1. The Labute approximate surface area is 173 Å². The van der Waals surface area contributed by atoms with Crippen molar-refractivity contribution in [3.05, 3.63) is 47.5 Å². The summed E-state index contributed by atoms with van der Waals surface area (Å²) in [6, 6.07) is 4.43. The van der Waals surface area contributed by atoms with E-state index in [1.807, 2.05) is 13.8 Å². The third-order valence-corrected chi connectivity index (χ3v) is 4.68. The molecule has 2 atom stereocenters. The summed E-state index contributed by atoms with van der Waals surface area (Å²) >= 11 is 0. The van der Waals surface area contributed by atoms with Crippen LogP contribution in [-0.2, 0) is 16.0 Å². The summed E-state index contributed by atoms with van der Waals surface area (Å²) in [7, 11) is 0. The van der Waals surface area contributed by atoms with Crippen molar-refractivity contribution in [1.82, 2.24) is 9.97 Å². The minimum absolute atomic E-state index is 0.0853. The number of carbonyl (C=O) groups is 1. The molecule has 2 aromatic rings. The molecule has 0 spiro atoms. The normalized spacial score (nSPS) is 13.7. The van der Waals surface area contributed by atoms with E-state index >= 15 is 0 Å². The van der Waals surface area contributed by atoms with Gasteiger partial charge >= 0.3 is 12.1 Å². The molecule has 0 fully saturated rings. The number of hydrogen-bond acceptors (Lipinski definition) is 5. The monoisotopic (exact) mass is 425 g/mol. The Morgan fingerprint density at radius 1 is 1.20 bits per heavy atom. The smallest absolute Gasteiger partial charge is 0.418 e. The molecule has 0 aliphatic rings. The summed E-state index contributed by atoms with van der Waals surface area (Å²) in [5.41, 5.74) is 1.15. The predicted molar refractivity (Wildman–Crippen MR) is 107 cm³/mol. The fraction of sp³-hybridized carbons (Fsp3) is 0.476. The van der Waals surface area contributed by atoms with Gasteiger partial charge in [0, 0.05) is 24.3 Å². The first-order valence-corrected chi connectivity index (χ1v) is 9.81. The number of nitrogens with zero attached hydrogens (tertiary/aromatic N) is 2. The van der Waals surface area contributed by atoms with Crippen LogP contribution in [0.5, 0.6) is 0 Å². The summed E-state index contributed by atoms with van der Waals surface area (Å²) in [6.45, 7) is 5.12. The van der Waals surface area contributed by atoms with E-state index < -0.39 is 18.2 Å². The zero-order valence-electron chi connectivity index (χ0n) is 17.2. The highest BCUT2D eigenvalue weighted by molar-refractivity contribution is 5.69. The van der Waals surface area contributed by atoms with Gasteiger partial charge in [-0.3, -0.25) is 4.79 Å². The van der Waals surface area contributed by atoms with Crippen LogP contribution in [-0.4, -0.2) is 33.8 Å². The highest BCUT2D eigenvalue weighted by Crippen LogP contribution is 2.41. The Balaban J connectivity index is 2.52. The van der Waals surface area contributed by atoms with Crippen molar-refractivity contribution in [1.29, 1.82) is 0 Å². The lowest BCUT2D eigenvalue weighted by Gasteiger charge is -2.25. The van der Waals surface area contributed by atoms with Crippen LogP contribution >= 0.6 is 0 Å². The van der Waals surface area contributed by atoms with Crippen LogP contribution < -0.4 is 5.32 Å². The second kappa shape index (κ2) is 10.4. The Morgan fingerprint density at radius 2 is 1.87 bits per heavy atom. The first-order chi connectivity index (χ1) is 14.2. The quantitative estimate of drug-likeness (QED) is 0.531. The van der Waals surface area contributed by atoms with E-state index in [4.69, 9.17) is 9.84 Å². The highest BCUT2D eigenvalue weighted by Gasteiger charge is 2.43. The van der Waals surface area contributed by atoms with Gasteiger partial charge in [-0.1, -0.05) is 26.0 Å². The van der Waals surface area contributed by atoms with Gasteiger partial charge in [0.25, 0.3) is 0 Å². The number of halogens is 3. The Bertz CT molecular complexity index is 842. The first kappa shape index (κ1) is 23.6. The van der Waals surface area contributed by atoms with Gasteiger partial charge in [-0.2, -0.15) is 13.2 Å². The molecule has 2 N–H and O–H groups in total. The van der Waals surface area contributed by atoms with Gasteiger partial charge < -0.3 is 15.2 Å². The summed E-state index contributed by atoms with van der Waals surface area (Å²) in [4.78, 5) is 19.5. The average Bonchev–Trinajstić information content (AvgIpc) is 2.70. The minimum Gasteiger partial charge on any atom is -0.481 e. The number of nitrogens with one attached hydrogen (secondary N) is 1. The van der Waals surface area contributed by atoms with Crippen LogP contribution in [0.15, 0.2) is 30.6 Å². The van der Waals surface area contributed by atoms with Crippen molar-refractivity contribution >= 4 is 17.3 Å². The SMILES string of the molecule is CCO[C@@H](c1ccc(C(CC)CC(=O)O)cc1Nc1cnc(CC)nc1)C(F)(F)F. The van der Waals surface area contributed by atoms with Gasteiger partial charge in [-0.15, -0.1) is 0 Å². The van der Waals surface area contributed by atoms with Crippen molar-refractivity contribution in [2.45, 2.75) is 58.2 Å². The third-order valence-electron chi connectivity index (χ3n) is 4.68. The topological polar surface area (TPSA) is 84.3 Å². The molecule has 1 aromatic heterocycles. The van der Waals surface area contributed by atoms with Gasteiger partial charge in [0.1, 0.15) is 5.82 Å². The van der Waals surface area contributed by atoms with Crippen LogP contribution in [0.2, 0.25) is 0 Å². The van der Waals surface area contributed by atoms with Gasteiger partial charge in [0.15, 0.2) is 6.10 Å². The van der Waals surface area contributed by atoms with E-state index in [9.17, 15) is 18.0 Å². The van der Waals surface area contributed by atoms with Crippen molar-refractivity contribution in [3.8, 4) is 0 Å². The van der Waals surface area contributed by atoms with Crippen molar-refractivity contribution in [2.75, 3.05) is 11.9 Å². The zero-order valence-corrected chi connectivity index (χ0v) is 17.2. The van der Waals surface area contributed by atoms with E-state index in [-0.39, 0.29) is 30.2 Å². The number of ether oxygens (including phenoxy) is 1. The van der Waals surface area contributed by atoms with E-state index in [1.54, 1.807) is 6.07 Å². The largest absolute Gasteiger partial charge is 0.481 e. The van der Waals surface area contributed by atoms with Crippen LogP contribution in [0.1, 0.15) is 62.6 Å². The van der Waals surface area contributed by atoms with Crippen LogP contribution in [0.25, 0.3) is 0 Å². The molecule has 30 heavy (non-hydrogen) atoms. The number of benzene rings is 1.